The van der Waals surface area contributed by atoms with E-state index in [1.807, 2.05) is 6.92 Å². The second-order valence-electron chi connectivity index (χ2n) is 16.7. The van der Waals surface area contributed by atoms with E-state index in [0.717, 1.165) is 0 Å². The number of carbonyl (C=O) groups excluding carboxylic acids is 4. The molecule has 4 heterocycles. The number of fused-ring (bicyclic) bond motifs is 1. The predicted octanol–water partition coefficient (Wildman–Crippen LogP) is 1.98. The maximum Gasteiger partial charge on any atom is 0.309 e. The quantitative estimate of drug-likeness (QED) is 0.0842. The Balaban J connectivity index is 1.67. The average Bonchev–Trinajstić information content (AvgIpc) is 3.89. The third-order valence-electron chi connectivity index (χ3n) is 11.5. The summed E-state index contributed by atoms with van der Waals surface area (Å²) in [7, 11) is 4.86. The number of aldehydes is 1. The molecule has 4 aliphatic rings. The summed E-state index contributed by atoms with van der Waals surface area (Å²) in [5.41, 5.74) is -1.49. The first-order valence-corrected chi connectivity index (χ1v) is 20.6. The molecule has 0 spiro atoms. The lowest BCUT2D eigenvalue weighted by molar-refractivity contribution is -0.344. The lowest BCUT2D eigenvalue weighted by Gasteiger charge is -2.50. The number of nitrogens with zero attached hydrogens (tertiary/aromatic N) is 1. The first-order valence-electron chi connectivity index (χ1n) is 20.6. The van der Waals surface area contributed by atoms with E-state index in [4.69, 9.17) is 42.6 Å². The summed E-state index contributed by atoms with van der Waals surface area (Å²) in [6, 6.07) is -0.783. The topological polar surface area (TPSA) is 219 Å². The summed E-state index contributed by atoms with van der Waals surface area (Å²) in [5, 5.41) is 34.6. The van der Waals surface area contributed by atoms with Crippen LogP contribution in [0.15, 0.2) is 12.2 Å². The molecule has 0 radical (unpaired) electrons. The van der Waals surface area contributed by atoms with Crippen molar-refractivity contribution in [1.29, 1.82) is 0 Å². The summed E-state index contributed by atoms with van der Waals surface area (Å²) in [6.45, 7) is 11.8. The Bertz CT molecular complexity index is 1390. The Labute approximate surface area is 341 Å². The molecule has 3 N–H and O–H groups in total. The molecule has 3 fully saturated rings. The number of hydrogen-bond acceptors (Lipinski definition) is 17. The van der Waals surface area contributed by atoms with Gasteiger partial charge in [-0.2, -0.15) is 0 Å². The van der Waals surface area contributed by atoms with E-state index in [2.05, 4.69) is 0 Å². The highest BCUT2D eigenvalue weighted by Gasteiger charge is 2.53. The molecule has 58 heavy (non-hydrogen) atoms. The van der Waals surface area contributed by atoms with Crippen LogP contribution in [0.1, 0.15) is 93.4 Å². The molecule has 0 aliphatic carbocycles. The molecule has 17 nitrogen and oxygen atoms in total. The van der Waals surface area contributed by atoms with Gasteiger partial charge < -0.3 is 67.6 Å². The standard InChI is InChI=1S/C41H67NO16/c1-11-30(45)55-29-19-32(47)51-22(4)18-28-27(54-28)14-13-26(44)21(3)17-25(15-16-43)37(38(29)50-10)58-40-35(48)34(42(8)9)36(23(5)53-40)57-33-20-41(7,49)39(24(6)52-33)56-31(46)12-2/h13-14,16,21-29,33-40,44,48-49H,11-12,15,17-20H2,1-10H3/b14-13+/t21-,22+,23-,24+,25-,26-,27+,28-,29-,33-,34-,35-,36-,37-,38-,39+,40+,41+/m0/s1. The van der Waals surface area contributed by atoms with Gasteiger partial charge >= 0.3 is 17.9 Å². The van der Waals surface area contributed by atoms with Crippen molar-refractivity contribution in [2.45, 2.75) is 191 Å². The number of carbonyl (C=O) groups is 4. The van der Waals surface area contributed by atoms with Crippen molar-refractivity contribution < 1.29 is 77.1 Å². The summed E-state index contributed by atoms with van der Waals surface area (Å²) >= 11 is 0. The van der Waals surface area contributed by atoms with E-state index >= 15 is 0 Å². The molecule has 0 aromatic carbocycles. The SMILES string of the molecule is CCC(=O)O[C@H]1CC(=O)O[C@H](C)C[C@@H]2O[C@@H]2/C=C/[C@H](O)[C@@H](C)C[C@H](CC=O)[C@H](O[C@H]2O[C@@H](C)[C@H](O[C@H]3C[C@@](C)(O)[C@H](OC(=O)CC)[C@@H](C)O3)[C@@H](N(C)C)[C@@H]2O)[C@H]1OC. The molecule has 332 valence electrons. The average molecular weight is 830 g/mol. The highest BCUT2D eigenvalue weighted by Crippen LogP contribution is 2.38. The first kappa shape index (κ1) is 48.1. The van der Waals surface area contributed by atoms with Crippen LogP contribution in [0.4, 0.5) is 0 Å². The summed E-state index contributed by atoms with van der Waals surface area (Å²) in [5.74, 6) is -2.86. The molecule has 18 atom stereocenters. The van der Waals surface area contributed by atoms with Crippen LogP contribution in [0.5, 0.6) is 0 Å². The van der Waals surface area contributed by atoms with Gasteiger partial charge in [-0.3, -0.25) is 14.4 Å². The number of hydrogen-bond donors (Lipinski definition) is 3. The van der Waals surface area contributed by atoms with E-state index < -0.39 is 121 Å². The minimum absolute atomic E-state index is 0.00499. The summed E-state index contributed by atoms with van der Waals surface area (Å²) < 4.78 is 54.4. The maximum atomic E-state index is 13.4. The van der Waals surface area contributed by atoms with Gasteiger partial charge in [0.1, 0.15) is 48.5 Å². The molecule has 0 saturated carbocycles. The molecule has 17 heteroatoms. The number of epoxide rings is 1. The Morgan fingerprint density at radius 1 is 0.931 bits per heavy atom. The molecule has 0 unspecified atom stereocenters. The van der Waals surface area contributed by atoms with E-state index in [-0.39, 0.29) is 44.3 Å². The number of ether oxygens (including phenoxy) is 9. The van der Waals surface area contributed by atoms with Gasteiger partial charge in [-0.1, -0.05) is 32.9 Å². The number of aliphatic hydroxyl groups excluding tert-OH is 2. The van der Waals surface area contributed by atoms with Crippen molar-refractivity contribution in [2.75, 3.05) is 21.2 Å². The van der Waals surface area contributed by atoms with Gasteiger partial charge in [0, 0.05) is 39.2 Å². The van der Waals surface area contributed by atoms with Crippen LogP contribution >= 0.6 is 0 Å². The van der Waals surface area contributed by atoms with E-state index in [9.17, 15) is 34.5 Å². The molecule has 3 saturated heterocycles. The minimum Gasteiger partial charge on any atom is -0.462 e. The van der Waals surface area contributed by atoms with Crippen molar-refractivity contribution in [3.63, 3.8) is 0 Å². The van der Waals surface area contributed by atoms with Gasteiger partial charge in [0.05, 0.1) is 43.0 Å². The number of rotatable bonds is 12. The normalized spacial score (nSPS) is 43.4. The number of aliphatic hydroxyl groups is 3. The number of likely N-dealkylation sites (N-methyl/N-ethyl adjacent to an activating group) is 1. The lowest BCUT2D eigenvalue weighted by Crippen LogP contribution is -2.66. The van der Waals surface area contributed by atoms with Crippen LogP contribution in [0.25, 0.3) is 0 Å². The monoisotopic (exact) mass is 829 g/mol. The molecule has 0 aromatic heterocycles. The zero-order chi connectivity index (χ0) is 43.1. The van der Waals surface area contributed by atoms with Crippen LogP contribution in [0.3, 0.4) is 0 Å². The van der Waals surface area contributed by atoms with Crippen LogP contribution in [-0.4, -0.2) is 163 Å². The fraction of sp³-hybridized carbons (Fsp3) is 0.854. The molecule has 4 aliphatic heterocycles. The smallest absolute Gasteiger partial charge is 0.309 e. The fourth-order valence-electron chi connectivity index (χ4n) is 8.36. The lowest BCUT2D eigenvalue weighted by atomic mass is 9.82. The zero-order valence-electron chi connectivity index (χ0n) is 35.6. The second kappa shape index (κ2) is 21.3. The Kier molecular flexibility index (Phi) is 17.6. The van der Waals surface area contributed by atoms with Crippen LogP contribution in [0.2, 0.25) is 0 Å². The number of cyclic esters (lactones) is 1. The zero-order valence-corrected chi connectivity index (χ0v) is 35.6. The van der Waals surface area contributed by atoms with E-state index in [1.165, 1.54) is 7.11 Å². The minimum atomic E-state index is -1.49. The van der Waals surface area contributed by atoms with E-state index in [0.29, 0.717) is 12.7 Å². The molecular weight excluding hydrogens is 762 g/mol. The van der Waals surface area contributed by atoms with Gasteiger partial charge in [0.15, 0.2) is 18.7 Å². The highest BCUT2D eigenvalue weighted by molar-refractivity contribution is 5.72. The second-order valence-corrected chi connectivity index (χ2v) is 16.7. The molecular formula is C41H67NO16. The van der Waals surface area contributed by atoms with Gasteiger partial charge in [0.2, 0.25) is 0 Å². The molecule has 0 aromatic rings. The number of methoxy groups -OCH3 is 1. The predicted molar refractivity (Wildman–Crippen MR) is 205 cm³/mol. The molecule has 0 amide bonds. The molecule has 0 bridgehead atoms. The highest BCUT2D eigenvalue weighted by atomic mass is 16.7. The Morgan fingerprint density at radius 3 is 2.21 bits per heavy atom. The third-order valence-corrected chi connectivity index (χ3v) is 11.5. The van der Waals surface area contributed by atoms with Crippen molar-refractivity contribution in [3.05, 3.63) is 12.2 Å². The van der Waals surface area contributed by atoms with Gasteiger partial charge in [0.25, 0.3) is 0 Å². The van der Waals surface area contributed by atoms with Gasteiger partial charge in [-0.25, -0.2) is 0 Å². The van der Waals surface area contributed by atoms with E-state index in [1.54, 1.807) is 72.7 Å². The first-order chi connectivity index (χ1) is 27.3. The van der Waals surface area contributed by atoms with Crippen molar-refractivity contribution in [3.8, 4) is 0 Å². The van der Waals surface area contributed by atoms with Crippen molar-refractivity contribution in [1.82, 2.24) is 4.90 Å². The van der Waals surface area contributed by atoms with Gasteiger partial charge in [-0.05, 0) is 60.0 Å². The Hall–Kier alpha value is -2.58. The van der Waals surface area contributed by atoms with Crippen LogP contribution < -0.4 is 0 Å². The summed E-state index contributed by atoms with van der Waals surface area (Å²) in [4.78, 5) is 52.5. The van der Waals surface area contributed by atoms with Crippen molar-refractivity contribution >= 4 is 24.2 Å². The summed E-state index contributed by atoms with van der Waals surface area (Å²) in [6.07, 6.45) is -8.08. The fourth-order valence-corrected chi connectivity index (χ4v) is 8.36. The van der Waals surface area contributed by atoms with Gasteiger partial charge in [-0.15, -0.1) is 0 Å². The Morgan fingerprint density at radius 2 is 1.60 bits per heavy atom. The van der Waals surface area contributed by atoms with Crippen LogP contribution in [0, 0.1) is 11.8 Å². The third kappa shape index (κ3) is 12.5. The molecule has 4 rings (SSSR count). The largest absolute Gasteiger partial charge is 0.462 e. The van der Waals surface area contributed by atoms with Crippen LogP contribution in [-0.2, 0) is 61.8 Å². The van der Waals surface area contributed by atoms with Crippen molar-refractivity contribution in [2.24, 2.45) is 11.8 Å². The maximum absolute atomic E-state index is 13.4. The number of esters is 3.